The van der Waals surface area contributed by atoms with Gasteiger partial charge in [-0.25, -0.2) is 4.39 Å². The van der Waals surface area contributed by atoms with Crippen molar-refractivity contribution in [1.82, 2.24) is 5.32 Å². The summed E-state index contributed by atoms with van der Waals surface area (Å²) in [7, 11) is 3.38. The minimum atomic E-state index is -0.256. The Kier molecular flexibility index (Phi) is 3.80. The van der Waals surface area contributed by atoms with Crippen LogP contribution < -0.4 is 10.2 Å². The van der Waals surface area contributed by atoms with Gasteiger partial charge in [-0.3, -0.25) is 4.79 Å². The maximum atomic E-state index is 13.0. The Morgan fingerprint density at radius 3 is 2.73 bits per heavy atom. The molecule has 0 saturated heterocycles. The van der Waals surface area contributed by atoms with E-state index in [0.717, 1.165) is 0 Å². The van der Waals surface area contributed by atoms with Crippen LogP contribution in [0.25, 0.3) is 0 Å². The number of amides is 1. The Bertz CT molecular complexity index is 366. The molecule has 0 aliphatic heterocycles. The molecule has 0 spiro atoms. The zero-order valence-electron chi connectivity index (χ0n) is 9.17. The van der Waals surface area contributed by atoms with E-state index in [1.165, 1.54) is 11.0 Å². The molecule has 0 aromatic heterocycles. The SMILES string of the molecule is CNCC(=O)N(C)c1ccc(F)c(C)c1. The molecule has 0 unspecified atom stereocenters. The van der Waals surface area contributed by atoms with Crippen LogP contribution in [0.15, 0.2) is 18.2 Å². The summed E-state index contributed by atoms with van der Waals surface area (Å²) in [6, 6.07) is 4.62. The van der Waals surface area contributed by atoms with Gasteiger partial charge in [0, 0.05) is 12.7 Å². The lowest BCUT2D eigenvalue weighted by Crippen LogP contribution is -2.34. The van der Waals surface area contributed by atoms with Crippen molar-refractivity contribution >= 4 is 11.6 Å². The van der Waals surface area contributed by atoms with Crippen LogP contribution in [0.5, 0.6) is 0 Å². The summed E-state index contributed by atoms with van der Waals surface area (Å²) in [5.74, 6) is -0.309. The summed E-state index contributed by atoms with van der Waals surface area (Å²) in [5, 5.41) is 2.78. The van der Waals surface area contributed by atoms with Crippen molar-refractivity contribution in [3.05, 3.63) is 29.6 Å². The number of likely N-dealkylation sites (N-methyl/N-ethyl adjacent to an activating group) is 2. The molecule has 1 aromatic rings. The molecule has 0 aliphatic carbocycles. The second-order valence-electron chi connectivity index (χ2n) is 3.42. The predicted molar refractivity (Wildman–Crippen MR) is 58.5 cm³/mol. The van der Waals surface area contributed by atoms with Gasteiger partial charge < -0.3 is 10.2 Å². The molecular formula is C11H15FN2O. The molecule has 0 atom stereocenters. The first kappa shape index (κ1) is 11.7. The maximum Gasteiger partial charge on any atom is 0.240 e. The second kappa shape index (κ2) is 4.89. The standard InChI is InChI=1S/C11H15FN2O/c1-8-6-9(4-5-10(8)12)14(3)11(15)7-13-2/h4-6,13H,7H2,1-3H3. The zero-order chi connectivity index (χ0) is 11.4. The number of halogens is 1. The molecule has 0 heterocycles. The summed E-state index contributed by atoms with van der Waals surface area (Å²) in [6.45, 7) is 1.95. The van der Waals surface area contributed by atoms with Crippen molar-refractivity contribution in [3.63, 3.8) is 0 Å². The first-order valence-corrected chi connectivity index (χ1v) is 4.73. The number of aryl methyl sites for hydroxylation is 1. The molecule has 0 bridgehead atoms. The highest BCUT2D eigenvalue weighted by molar-refractivity contribution is 5.94. The quantitative estimate of drug-likeness (QED) is 0.816. The molecule has 1 amide bonds. The molecule has 3 nitrogen and oxygen atoms in total. The van der Waals surface area contributed by atoms with Crippen molar-refractivity contribution in [2.24, 2.45) is 0 Å². The van der Waals surface area contributed by atoms with Crippen molar-refractivity contribution in [2.45, 2.75) is 6.92 Å². The third kappa shape index (κ3) is 2.76. The molecule has 82 valence electrons. The van der Waals surface area contributed by atoms with E-state index in [0.29, 0.717) is 11.3 Å². The monoisotopic (exact) mass is 210 g/mol. The summed E-state index contributed by atoms with van der Waals surface area (Å²) in [6.07, 6.45) is 0. The third-order valence-corrected chi connectivity index (χ3v) is 2.23. The third-order valence-electron chi connectivity index (χ3n) is 2.23. The topological polar surface area (TPSA) is 32.3 Å². The Balaban J connectivity index is 2.86. The van der Waals surface area contributed by atoms with Gasteiger partial charge in [0.25, 0.3) is 0 Å². The van der Waals surface area contributed by atoms with Gasteiger partial charge in [0.05, 0.1) is 6.54 Å². The predicted octanol–water partition coefficient (Wildman–Crippen LogP) is 1.32. The fourth-order valence-electron chi connectivity index (χ4n) is 1.25. The number of benzene rings is 1. The number of carbonyl (C=O) groups excluding carboxylic acids is 1. The van der Waals surface area contributed by atoms with E-state index in [1.54, 1.807) is 33.2 Å². The van der Waals surface area contributed by atoms with Crippen molar-refractivity contribution in [1.29, 1.82) is 0 Å². The van der Waals surface area contributed by atoms with Crippen LogP contribution in [0.3, 0.4) is 0 Å². The van der Waals surface area contributed by atoms with E-state index in [4.69, 9.17) is 0 Å². The lowest BCUT2D eigenvalue weighted by atomic mass is 10.2. The zero-order valence-corrected chi connectivity index (χ0v) is 9.17. The van der Waals surface area contributed by atoms with Crippen LogP contribution >= 0.6 is 0 Å². The van der Waals surface area contributed by atoms with Crippen LogP contribution in [0.4, 0.5) is 10.1 Å². The summed E-state index contributed by atoms with van der Waals surface area (Å²) in [4.78, 5) is 13.0. The lowest BCUT2D eigenvalue weighted by Gasteiger charge is -2.17. The van der Waals surface area contributed by atoms with Gasteiger partial charge in [-0.15, -0.1) is 0 Å². The Morgan fingerprint density at radius 1 is 1.53 bits per heavy atom. The smallest absolute Gasteiger partial charge is 0.240 e. The van der Waals surface area contributed by atoms with Gasteiger partial charge in [0.15, 0.2) is 0 Å². The first-order chi connectivity index (χ1) is 7.06. The minimum Gasteiger partial charge on any atom is -0.314 e. The van der Waals surface area contributed by atoms with Crippen LogP contribution in [-0.2, 0) is 4.79 Å². The number of nitrogens with zero attached hydrogens (tertiary/aromatic N) is 1. The second-order valence-corrected chi connectivity index (χ2v) is 3.42. The molecule has 1 aromatic carbocycles. The van der Waals surface area contributed by atoms with E-state index in [2.05, 4.69) is 5.32 Å². The largest absolute Gasteiger partial charge is 0.314 e. The molecule has 0 aliphatic rings. The maximum absolute atomic E-state index is 13.0. The van der Waals surface area contributed by atoms with Crippen LogP contribution in [0.2, 0.25) is 0 Å². The van der Waals surface area contributed by atoms with Crippen molar-refractivity contribution in [3.8, 4) is 0 Å². The highest BCUT2D eigenvalue weighted by Gasteiger charge is 2.10. The number of carbonyl (C=O) groups is 1. The van der Waals surface area contributed by atoms with Gasteiger partial charge in [-0.2, -0.15) is 0 Å². The molecule has 0 saturated carbocycles. The van der Waals surface area contributed by atoms with Crippen LogP contribution in [0.1, 0.15) is 5.56 Å². The van der Waals surface area contributed by atoms with Crippen molar-refractivity contribution in [2.75, 3.05) is 25.5 Å². The summed E-state index contributed by atoms with van der Waals surface area (Å²) < 4.78 is 13.0. The van der Waals surface area contributed by atoms with Gasteiger partial charge in [-0.05, 0) is 37.7 Å². The normalized spacial score (nSPS) is 10.1. The molecule has 1 rings (SSSR count). The molecule has 4 heteroatoms. The number of nitrogens with one attached hydrogen (secondary N) is 1. The van der Waals surface area contributed by atoms with E-state index >= 15 is 0 Å². The molecule has 1 N–H and O–H groups in total. The fraction of sp³-hybridized carbons (Fsp3) is 0.364. The lowest BCUT2D eigenvalue weighted by molar-refractivity contribution is -0.117. The average Bonchev–Trinajstić information content (AvgIpc) is 2.21. The number of rotatable bonds is 3. The Morgan fingerprint density at radius 2 is 2.20 bits per heavy atom. The molecule has 0 radical (unpaired) electrons. The Hall–Kier alpha value is -1.42. The Labute approximate surface area is 88.9 Å². The van der Waals surface area contributed by atoms with Crippen LogP contribution in [0, 0.1) is 12.7 Å². The van der Waals surface area contributed by atoms with E-state index < -0.39 is 0 Å². The molecule has 0 fully saturated rings. The summed E-state index contributed by atoms with van der Waals surface area (Å²) in [5.41, 5.74) is 1.24. The molecular weight excluding hydrogens is 195 g/mol. The van der Waals surface area contributed by atoms with Gasteiger partial charge >= 0.3 is 0 Å². The fourth-order valence-corrected chi connectivity index (χ4v) is 1.25. The van der Waals surface area contributed by atoms with Gasteiger partial charge in [-0.1, -0.05) is 0 Å². The van der Waals surface area contributed by atoms with E-state index in [-0.39, 0.29) is 18.3 Å². The minimum absolute atomic E-state index is 0.0523. The summed E-state index contributed by atoms with van der Waals surface area (Å²) >= 11 is 0. The van der Waals surface area contributed by atoms with E-state index in [1.807, 2.05) is 0 Å². The first-order valence-electron chi connectivity index (χ1n) is 4.73. The average molecular weight is 210 g/mol. The number of hydrogen-bond acceptors (Lipinski definition) is 2. The number of hydrogen-bond donors (Lipinski definition) is 1. The van der Waals surface area contributed by atoms with Gasteiger partial charge in [0.2, 0.25) is 5.91 Å². The van der Waals surface area contributed by atoms with Gasteiger partial charge in [0.1, 0.15) is 5.82 Å². The van der Waals surface area contributed by atoms with E-state index in [9.17, 15) is 9.18 Å². The number of anilines is 1. The van der Waals surface area contributed by atoms with Crippen molar-refractivity contribution < 1.29 is 9.18 Å². The highest BCUT2D eigenvalue weighted by Crippen LogP contribution is 2.16. The highest BCUT2D eigenvalue weighted by atomic mass is 19.1. The molecule has 15 heavy (non-hydrogen) atoms. The van der Waals surface area contributed by atoms with Crippen LogP contribution in [-0.4, -0.2) is 26.5 Å².